The van der Waals surface area contributed by atoms with E-state index >= 15 is 0 Å². The van der Waals surface area contributed by atoms with E-state index in [0.29, 0.717) is 0 Å². The minimum Gasteiger partial charge on any atom is -0.480 e. The number of carboxylic acids is 1. The summed E-state index contributed by atoms with van der Waals surface area (Å²) in [6.45, 7) is 4.08. The maximum atomic E-state index is 10.5. The molecule has 3 heteroatoms. The summed E-state index contributed by atoms with van der Waals surface area (Å²) < 4.78 is 0. The van der Waals surface area contributed by atoms with Gasteiger partial charge in [-0.2, -0.15) is 0 Å². The van der Waals surface area contributed by atoms with E-state index in [4.69, 9.17) is 16.7 Å². The summed E-state index contributed by atoms with van der Waals surface area (Å²) in [6, 6.07) is 0. The van der Waals surface area contributed by atoms with Crippen LogP contribution < -0.4 is 0 Å². The van der Waals surface area contributed by atoms with Crippen LogP contribution in [0.1, 0.15) is 39.5 Å². The molecule has 2 atom stereocenters. The third-order valence-electron chi connectivity index (χ3n) is 2.10. The molecule has 0 rings (SSSR count). The molecular weight excluding hydrogens is 176 g/mol. The molecule has 1 N–H and O–H groups in total. The molecule has 0 aromatic carbocycles. The van der Waals surface area contributed by atoms with E-state index in [0.717, 1.165) is 25.7 Å². The van der Waals surface area contributed by atoms with Crippen molar-refractivity contribution >= 4 is 17.6 Å². The van der Waals surface area contributed by atoms with Gasteiger partial charge in [0.25, 0.3) is 0 Å². The molecule has 0 radical (unpaired) electrons. The topological polar surface area (TPSA) is 37.3 Å². The molecule has 0 bridgehead atoms. The molecule has 72 valence electrons. The predicted octanol–water partition coefficient (Wildman–Crippen LogP) is 2.89. The Kier molecular flexibility index (Phi) is 6.17. The number of carbonyl (C=O) groups is 1. The highest BCUT2D eigenvalue weighted by molar-refractivity contribution is 6.29. The van der Waals surface area contributed by atoms with Gasteiger partial charge in [0.2, 0.25) is 0 Å². The highest BCUT2D eigenvalue weighted by Crippen LogP contribution is 2.21. The average Bonchev–Trinajstić information content (AvgIpc) is 2.05. The monoisotopic (exact) mass is 192 g/mol. The lowest BCUT2D eigenvalue weighted by atomic mass is 9.95. The Morgan fingerprint density at radius 3 is 2.42 bits per heavy atom. The Hall–Kier alpha value is -0.240. The fourth-order valence-electron chi connectivity index (χ4n) is 1.23. The first-order valence-electron chi connectivity index (χ1n) is 4.50. The Bertz CT molecular complexity index is 136. The summed E-state index contributed by atoms with van der Waals surface area (Å²) >= 11 is 5.72. The Labute approximate surface area is 78.9 Å². The van der Waals surface area contributed by atoms with Crippen molar-refractivity contribution in [2.75, 3.05) is 0 Å². The van der Waals surface area contributed by atoms with E-state index in [-0.39, 0.29) is 5.92 Å². The first kappa shape index (κ1) is 11.8. The van der Waals surface area contributed by atoms with Gasteiger partial charge in [0, 0.05) is 0 Å². The first-order valence-corrected chi connectivity index (χ1v) is 4.94. The van der Waals surface area contributed by atoms with Gasteiger partial charge < -0.3 is 5.11 Å². The van der Waals surface area contributed by atoms with Gasteiger partial charge >= 0.3 is 5.97 Å². The Balaban J connectivity index is 3.87. The van der Waals surface area contributed by atoms with Crippen molar-refractivity contribution in [3.63, 3.8) is 0 Å². The van der Waals surface area contributed by atoms with Crippen molar-refractivity contribution in [3.05, 3.63) is 0 Å². The summed E-state index contributed by atoms with van der Waals surface area (Å²) in [5, 5.41) is 7.94. The van der Waals surface area contributed by atoms with Gasteiger partial charge in [0.05, 0.1) is 0 Å². The SMILES string of the molecule is CCCCC(CC)C(Cl)C(=O)O. The molecule has 0 spiro atoms. The third kappa shape index (κ3) is 3.96. The molecule has 0 aliphatic heterocycles. The number of halogens is 1. The summed E-state index contributed by atoms with van der Waals surface area (Å²) in [7, 11) is 0. The number of unbranched alkanes of at least 4 members (excludes halogenated alkanes) is 1. The number of hydrogen-bond acceptors (Lipinski definition) is 1. The Morgan fingerprint density at radius 2 is 2.08 bits per heavy atom. The van der Waals surface area contributed by atoms with Gasteiger partial charge in [0.1, 0.15) is 5.38 Å². The van der Waals surface area contributed by atoms with E-state index in [1.54, 1.807) is 0 Å². The van der Waals surface area contributed by atoms with Crippen LogP contribution in [0, 0.1) is 5.92 Å². The standard InChI is InChI=1S/C9H17ClO2/c1-3-5-6-7(4-2)8(10)9(11)12/h7-8H,3-6H2,1-2H3,(H,11,12). The molecule has 0 aromatic heterocycles. The van der Waals surface area contributed by atoms with Crippen LogP contribution in [0.15, 0.2) is 0 Å². The molecule has 0 saturated carbocycles. The van der Waals surface area contributed by atoms with Crippen LogP contribution >= 0.6 is 11.6 Å². The molecule has 0 aromatic rings. The van der Waals surface area contributed by atoms with E-state index in [1.807, 2.05) is 6.92 Å². The molecule has 0 fully saturated rings. The van der Waals surface area contributed by atoms with Gasteiger partial charge in [-0.3, -0.25) is 4.79 Å². The maximum Gasteiger partial charge on any atom is 0.321 e. The second kappa shape index (κ2) is 6.30. The average molecular weight is 193 g/mol. The lowest BCUT2D eigenvalue weighted by Crippen LogP contribution is -2.23. The van der Waals surface area contributed by atoms with Crippen molar-refractivity contribution < 1.29 is 9.90 Å². The van der Waals surface area contributed by atoms with Gasteiger partial charge in [-0.1, -0.05) is 33.1 Å². The molecule has 0 saturated heterocycles. The van der Waals surface area contributed by atoms with Gasteiger partial charge in [-0.05, 0) is 12.3 Å². The molecule has 0 amide bonds. The van der Waals surface area contributed by atoms with Crippen molar-refractivity contribution in [1.82, 2.24) is 0 Å². The second-order valence-corrected chi connectivity index (χ2v) is 3.52. The molecule has 2 nitrogen and oxygen atoms in total. The fraction of sp³-hybridized carbons (Fsp3) is 0.889. The van der Waals surface area contributed by atoms with Gasteiger partial charge in [-0.15, -0.1) is 11.6 Å². The second-order valence-electron chi connectivity index (χ2n) is 3.05. The van der Waals surface area contributed by atoms with Crippen LogP contribution in [0.25, 0.3) is 0 Å². The number of carboxylic acid groups (broad SMARTS) is 1. The zero-order valence-corrected chi connectivity index (χ0v) is 8.47. The number of rotatable bonds is 6. The van der Waals surface area contributed by atoms with Crippen LogP contribution in [-0.2, 0) is 4.79 Å². The largest absolute Gasteiger partial charge is 0.480 e. The first-order chi connectivity index (χ1) is 5.63. The van der Waals surface area contributed by atoms with Crippen LogP contribution in [0.2, 0.25) is 0 Å². The summed E-state index contributed by atoms with van der Waals surface area (Å²) in [6.07, 6.45) is 3.93. The van der Waals surface area contributed by atoms with E-state index in [1.165, 1.54) is 0 Å². The van der Waals surface area contributed by atoms with Gasteiger partial charge in [0.15, 0.2) is 0 Å². The Morgan fingerprint density at radius 1 is 1.50 bits per heavy atom. The lowest BCUT2D eigenvalue weighted by molar-refractivity contribution is -0.137. The van der Waals surface area contributed by atoms with E-state index in [9.17, 15) is 4.79 Å². The number of hydrogen-bond donors (Lipinski definition) is 1. The van der Waals surface area contributed by atoms with Crippen molar-refractivity contribution in [1.29, 1.82) is 0 Å². The lowest BCUT2D eigenvalue weighted by Gasteiger charge is -2.16. The molecule has 0 aliphatic rings. The molecule has 0 aliphatic carbocycles. The summed E-state index contributed by atoms with van der Waals surface area (Å²) in [4.78, 5) is 10.5. The fourth-order valence-corrected chi connectivity index (χ4v) is 1.53. The molecule has 2 unspecified atom stereocenters. The van der Waals surface area contributed by atoms with Crippen LogP contribution in [-0.4, -0.2) is 16.5 Å². The normalized spacial score (nSPS) is 15.6. The zero-order valence-electron chi connectivity index (χ0n) is 7.72. The van der Waals surface area contributed by atoms with Crippen LogP contribution in [0.3, 0.4) is 0 Å². The molecular formula is C9H17ClO2. The van der Waals surface area contributed by atoms with Crippen molar-refractivity contribution in [2.45, 2.75) is 44.9 Å². The third-order valence-corrected chi connectivity index (χ3v) is 2.65. The smallest absolute Gasteiger partial charge is 0.321 e. The number of aliphatic carboxylic acids is 1. The minimum absolute atomic E-state index is 0.129. The van der Waals surface area contributed by atoms with Gasteiger partial charge in [-0.25, -0.2) is 0 Å². The van der Waals surface area contributed by atoms with E-state index < -0.39 is 11.3 Å². The minimum atomic E-state index is -0.889. The molecule has 12 heavy (non-hydrogen) atoms. The summed E-state index contributed by atoms with van der Waals surface area (Å²) in [5.74, 6) is -0.760. The highest BCUT2D eigenvalue weighted by Gasteiger charge is 2.23. The molecule has 0 heterocycles. The highest BCUT2D eigenvalue weighted by atomic mass is 35.5. The quantitative estimate of drug-likeness (QED) is 0.658. The van der Waals surface area contributed by atoms with Crippen molar-refractivity contribution in [3.8, 4) is 0 Å². The van der Waals surface area contributed by atoms with Crippen LogP contribution in [0.4, 0.5) is 0 Å². The predicted molar refractivity (Wildman–Crippen MR) is 50.6 cm³/mol. The maximum absolute atomic E-state index is 10.5. The summed E-state index contributed by atoms with van der Waals surface area (Å²) in [5.41, 5.74) is 0. The van der Waals surface area contributed by atoms with Crippen molar-refractivity contribution in [2.24, 2.45) is 5.92 Å². The van der Waals surface area contributed by atoms with E-state index in [2.05, 4.69) is 6.92 Å². The zero-order chi connectivity index (χ0) is 9.56. The number of alkyl halides is 1. The van der Waals surface area contributed by atoms with Crippen LogP contribution in [0.5, 0.6) is 0 Å².